The van der Waals surface area contributed by atoms with Gasteiger partial charge in [-0.2, -0.15) is 0 Å². The van der Waals surface area contributed by atoms with Crippen LogP contribution < -0.4 is 4.72 Å². The molecular formula is C14H13F2NO4S2. The van der Waals surface area contributed by atoms with Gasteiger partial charge < -0.3 is 4.74 Å². The molecule has 0 bridgehead atoms. The maximum Gasteiger partial charge on any atom is 0.348 e. The highest BCUT2D eigenvalue weighted by Crippen LogP contribution is 2.30. The van der Waals surface area contributed by atoms with E-state index in [0.717, 1.165) is 23.5 Å². The molecule has 1 aromatic carbocycles. The van der Waals surface area contributed by atoms with E-state index in [4.69, 9.17) is 4.74 Å². The molecule has 0 aliphatic rings. The maximum atomic E-state index is 13.6. The molecule has 0 fully saturated rings. The number of halogens is 2. The minimum Gasteiger partial charge on any atom is -0.462 e. The molecule has 0 amide bonds. The third-order valence-corrected chi connectivity index (χ3v) is 5.44. The number of sulfonamides is 1. The third-order valence-electron chi connectivity index (χ3n) is 2.80. The van der Waals surface area contributed by atoms with Gasteiger partial charge in [0, 0.05) is 0 Å². The fraction of sp³-hybridized carbons (Fsp3) is 0.214. The van der Waals surface area contributed by atoms with Crippen molar-refractivity contribution in [2.75, 3.05) is 11.3 Å². The molecule has 23 heavy (non-hydrogen) atoms. The van der Waals surface area contributed by atoms with E-state index in [2.05, 4.69) is 4.72 Å². The Labute approximate surface area is 136 Å². The normalized spacial score (nSPS) is 11.3. The zero-order valence-electron chi connectivity index (χ0n) is 12.2. The van der Waals surface area contributed by atoms with Crippen molar-refractivity contribution in [3.63, 3.8) is 0 Å². The van der Waals surface area contributed by atoms with Gasteiger partial charge in [0.05, 0.1) is 6.61 Å². The van der Waals surface area contributed by atoms with Gasteiger partial charge in [-0.15, -0.1) is 11.3 Å². The standard InChI is InChI=1S/C14H13F2NO4S2/c1-3-21-14(18)13-8(2)6-12(22-13)17-23(19,20)11-7-9(15)4-5-10(11)16/h4-7,17H,3H2,1-2H3. The molecule has 5 nitrogen and oxygen atoms in total. The summed E-state index contributed by atoms with van der Waals surface area (Å²) >= 11 is 0.858. The number of rotatable bonds is 5. The van der Waals surface area contributed by atoms with E-state index < -0.39 is 32.5 Å². The number of aryl methyl sites for hydroxylation is 1. The summed E-state index contributed by atoms with van der Waals surface area (Å²) in [4.78, 5) is 11.2. The number of thiophene rings is 1. The van der Waals surface area contributed by atoms with Crippen molar-refractivity contribution >= 4 is 32.3 Å². The minimum absolute atomic E-state index is 0.106. The van der Waals surface area contributed by atoms with Crippen LogP contribution >= 0.6 is 11.3 Å². The van der Waals surface area contributed by atoms with Gasteiger partial charge in [-0.05, 0) is 43.7 Å². The largest absolute Gasteiger partial charge is 0.462 e. The van der Waals surface area contributed by atoms with Gasteiger partial charge >= 0.3 is 5.97 Å². The molecule has 2 rings (SSSR count). The van der Waals surface area contributed by atoms with Gasteiger partial charge in [0.25, 0.3) is 10.0 Å². The Morgan fingerprint density at radius 3 is 2.65 bits per heavy atom. The van der Waals surface area contributed by atoms with E-state index in [0.29, 0.717) is 11.6 Å². The predicted octanol–water partition coefficient (Wildman–Crippen LogP) is 3.31. The second-order valence-electron chi connectivity index (χ2n) is 4.52. The molecule has 0 radical (unpaired) electrons. The molecule has 124 valence electrons. The lowest BCUT2D eigenvalue weighted by molar-refractivity contribution is 0.0531. The zero-order chi connectivity index (χ0) is 17.2. The van der Waals surface area contributed by atoms with E-state index in [-0.39, 0.29) is 16.5 Å². The van der Waals surface area contributed by atoms with E-state index in [1.165, 1.54) is 6.07 Å². The van der Waals surface area contributed by atoms with Crippen molar-refractivity contribution < 1.29 is 26.7 Å². The van der Waals surface area contributed by atoms with Crippen LogP contribution in [0.1, 0.15) is 22.2 Å². The van der Waals surface area contributed by atoms with Gasteiger partial charge in [-0.1, -0.05) is 0 Å². The second-order valence-corrected chi connectivity index (χ2v) is 7.23. The Kier molecular flexibility index (Phi) is 5.00. The second kappa shape index (κ2) is 6.63. The van der Waals surface area contributed by atoms with Gasteiger partial charge in [-0.3, -0.25) is 4.72 Å². The zero-order valence-corrected chi connectivity index (χ0v) is 13.9. The molecule has 2 aromatic rings. The lowest BCUT2D eigenvalue weighted by atomic mass is 10.3. The summed E-state index contributed by atoms with van der Waals surface area (Å²) in [6.07, 6.45) is 0. The molecule has 0 saturated carbocycles. The highest BCUT2D eigenvalue weighted by Gasteiger charge is 2.22. The number of nitrogens with one attached hydrogen (secondary N) is 1. The van der Waals surface area contributed by atoms with E-state index in [1.54, 1.807) is 13.8 Å². The molecule has 1 heterocycles. The lowest BCUT2D eigenvalue weighted by Gasteiger charge is -2.07. The first kappa shape index (κ1) is 17.4. The third kappa shape index (κ3) is 3.85. The Hall–Kier alpha value is -2.00. The van der Waals surface area contributed by atoms with Gasteiger partial charge in [0.15, 0.2) is 0 Å². The fourth-order valence-corrected chi connectivity index (χ4v) is 4.14. The quantitative estimate of drug-likeness (QED) is 0.830. The fourth-order valence-electron chi connectivity index (χ4n) is 1.80. The number of esters is 1. The van der Waals surface area contributed by atoms with Gasteiger partial charge in [0.2, 0.25) is 0 Å². The summed E-state index contributed by atoms with van der Waals surface area (Å²) in [6, 6.07) is 3.56. The van der Waals surface area contributed by atoms with Crippen LogP contribution in [0.3, 0.4) is 0 Å². The molecule has 0 saturated heterocycles. The van der Waals surface area contributed by atoms with Crippen LogP contribution in [0.15, 0.2) is 29.2 Å². The topological polar surface area (TPSA) is 72.5 Å². The first-order valence-corrected chi connectivity index (χ1v) is 8.80. The molecule has 0 unspecified atom stereocenters. The van der Waals surface area contributed by atoms with E-state index in [1.807, 2.05) is 0 Å². The van der Waals surface area contributed by atoms with Crippen molar-refractivity contribution in [3.05, 3.63) is 46.3 Å². The molecule has 0 aliphatic carbocycles. The summed E-state index contributed by atoms with van der Waals surface area (Å²) in [5.41, 5.74) is 0.519. The smallest absolute Gasteiger partial charge is 0.348 e. The van der Waals surface area contributed by atoms with Crippen molar-refractivity contribution in [2.24, 2.45) is 0 Å². The molecular weight excluding hydrogens is 348 g/mol. The summed E-state index contributed by atoms with van der Waals surface area (Å²) in [7, 11) is -4.31. The van der Waals surface area contributed by atoms with Gasteiger partial charge in [0.1, 0.15) is 26.4 Å². The van der Waals surface area contributed by atoms with Crippen LogP contribution in [0.5, 0.6) is 0 Å². The first-order valence-electron chi connectivity index (χ1n) is 6.50. The number of benzene rings is 1. The summed E-state index contributed by atoms with van der Waals surface area (Å²) in [5.74, 6) is -2.52. The number of hydrogen-bond acceptors (Lipinski definition) is 5. The highest BCUT2D eigenvalue weighted by molar-refractivity contribution is 7.93. The number of carbonyl (C=O) groups excluding carboxylic acids is 1. The van der Waals surface area contributed by atoms with Crippen molar-refractivity contribution in [1.82, 2.24) is 0 Å². The average molecular weight is 361 g/mol. The van der Waals surface area contributed by atoms with Crippen molar-refractivity contribution in [2.45, 2.75) is 18.7 Å². The molecule has 9 heteroatoms. The van der Waals surface area contributed by atoms with Crippen LogP contribution in [-0.2, 0) is 14.8 Å². The number of anilines is 1. The average Bonchev–Trinajstić information content (AvgIpc) is 2.81. The molecule has 0 aliphatic heterocycles. The van der Waals surface area contributed by atoms with Crippen molar-refractivity contribution in [1.29, 1.82) is 0 Å². The minimum atomic E-state index is -4.31. The summed E-state index contributed by atoms with van der Waals surface area (Å²) < 4.78 is 58.1. The number of hydrogen-bond donors (Lipinski definition) is 1. The van der Waals surface area contributed by atoms with E-state index >= 15 is 0 Å². The van der Waals surface area contributed by atoms with Crippen LogP contribution in [0.4, 0.5) is 13.8 Å². The first-order chi connectivity index (χ1) is 10.7. The number of ether oxygens (including phenoxy) is 1. The van der Waals surface area contributed by atoms with E-state index in [9.17, 15) is 22.0 Å². The van der Waals surface area contributed by atoms with Crippen LogP contribution in [0, 0.1) is 18.6 Å². The molecule has 1 N–H and O–H groups in total. The molecule has 0 atom stereocenters. The van der Waals surface area contributed by atoms with Crippen molar-refractivity contribution in [3.8, 4) is 0 Å². The Morgan fingerprint density at radius 1 is 1.30 bits per heavy atom. The molecule has 1 aromatic heterocycles. The van der Waals surface area contributed by atoms with Gasteiger partial charge in [-0.25, -0.2) is 22.0 Å². The number of carbonyl (C=O) groups is 1. The highest BCUT2D eigenvalue weighted by atomic mass is 32.2. The van der Waals surface area contributed by atoms with Crippen LogP contribution in [0.2, 0.25) is 0 Å². The summed E-state index contributed by atoms with van der Waals surface area (Å²) in [5, 5.41) is 0.106. The Morgan fingerprint density at radius 2 is 2.00 bits per heavy atom. The van der Waals surface area contributed by atoms with Crippen LogP contribution in [-0.4, -0.2) is 21.0 Å². The summed E-state index contributed by atoms with van der Waals surface area (Å²) in [6.45, 7) is 3.45. The molecule has 0 spiro atoms. The SMILES string of the molecule is CCOC(=O)c1sc(NS(=O)(=O)c2cc(F)ccc2F)cc1C. The maximum absolute atomic E-state index is 13.6. The monoisotopic (exact) mass is 361 g/mol. The Balaban J connectivity index is 2.33. The Bertz CT molecular complexity index is 846. The lowest BCUT2D eigenvalue weighted by Crippen LogP contribution is -2.14. The van der Waals surface area contributed by atoms with Crippen LogP contribution in [0.25, 0.3) is 0 Å². The predicted molar refractivity (Wildman–Crippen MR) is 82.2 cm³/mol.